The average Bonchev–Trinajstić information content (AvgIpc) is 3.52. The summed E-state index contributed by atoms with van der Waals surface area (Å²) in [5.74, 6) is -2.28. The van der Waals surface area contributed by atoms with Gasteiger partial charge in [-0.05, 0) is 88.4 Å². The highest BCUT2D eigenvalue weighted by atomic mass is 32.2. The summed E-state index contributed by atoms with van der Waals surface area (Å²) in [6.45, 7) is 6.72. The lowest BCUT2D eigenvalue weighted by molar-refractivity contribution is -0.148. The van der Waals surface area contributed by atoms with Crippen LogP contribution in [0.15, 0.2) is 36.4 Å². The Balaban J connectivity index is 2.18. The first kappa shape index (κ1) is 24.8. The largest absolute Gasteiger partial charge is 0.398 e. The van der Waals surface area contributed by atoms with Crippen LogP contribution in [0, 0.1) is 11.7 Å². The Kier molecular flexibility index (Phi) is 6.85. The molecule has 0 saturated heterocycles. The Morgan fingerprint density at radius 2 is 1.72 bits per heavy atom. The molecule has 0 radical (unpaired) electrons. The molecular weight excluding hydrogens is 442 g/mol. The number of hydrogen-bond donors (Lipinski definition) is 2. The predicted molar refractivity (Wildman–Crippen MR) is 119 cm³/mol. The summed E-state index contributed by atoms with van der Waals surface area (Å²) < 4.78 is 70.2. The fourth-order valence-electron chi connectivity index (χ4n) is 3.61. The lowest BCUT2D eigenvalue weighted by Crippen LogP contribution is -2.47. The number of benzene rings is 1. The van der Waals surface area contributed by atoms with E-state index in [-0.39, 0.29) is 17.3 Å². The summed E-state index contributed by atoms with van der Waals surface area (Å²) in [6.07, 6.45) is -2.83. The van der Waals surface area contributed by atoms with Gasteiger partial charge >= 0.3 is 6.18 Å². The molecular formula is C23H29F4N3OS. The van der Waals surface area contributed by atoms with E-state index >= 15 is 0 Å². The van der Waals surface area contributed by atoms with Crippen LogP contribution in [-0.2, 0) is 16.5 Å². The monoisotopic (exact) mass is 471 g/mol. The number of nitrogens with zero attached hydrogens (tertiary/aromatic N) is 1. The Morgan fingerprint density at radius 3 is 2.19 bits per heavy atom. The Bertz CT molecular complexity index is 984. The molecule has 3 rings (SSSR count). The van der Waals surface area contributed by atoms with Crippen LogP contribution >= 0.6 is 0 Å². The second kappa shape index (κ2) is 8.83. The third-order valence-corrected chi connectivity index (χ3v) is 7.55. The number of rotatable bonds is 7. The van der Waals surface area contributed by atoms with Gasteiger partial charge in [-0.2, -0.15) is 13.2 Å². The smallest absolute Gasteiger partial charge is 0.329 e. The first-order valence-electron chi connectivity index (χ1n) is 10.5. The molecule has 32 heavy (non-hydrogen) atoms. The predicted octanol–water partition coefficient (Wildman–Crippen LogP) is 5.17. The first-order chi connectivity index (χ1) is 14.8. The number of hydrogen-bond acceptors (Lipinski definition) is 3. The highest BCUT2D eigenvalue weighted by molar-refractivity contribution is 7.84. The van der Waals surface area contributed by atoms with Crippen LogP contribution in [0.25, 0.3) is 11.3 Å². The molecule has 2 aromatic rings. The minimum atomic E-state index is -4.57. The number of halogens is 4. The minimum Gasteiger partial charge on any atom is -0.329 e. The van der Waals surface area contributed by atoms with Crippen LogP contribution in [0.1, 0.15) is 57.7 Å². The van der Waals surface area contributed by atoms with Gasteiger partial charge in [0.05, 0.1) is 32.7 Å². The topological polar surface area (TPSA) is 68.0 Å². The molecule has 1 aromatic carbocycles. The van der Waals surface area contributed by atoms with Gasteiger partial charge in [0.2, 0.25) is 0 Å². The minimum absolute atomic E-state index is 0.118. The second-order valence-electron chi connectivity index (χ2n) is 9.46. The number of nitrogens with one attached hydrogen (secondary N) is 1. The Labute approximate surface area is 188 Å². The summed E-state index contributed by atoms with van der Waals surface area (Å²) in [6, 6.07) is 8.55. The SMILES string of the molecule is CC(NS(=O)C(C)(C)C)(c1cc(-c2ccc(F)cc2)nc(C(CN)C(F)(F)F)c1)C1CC1. The summed E-state index contributed by atoms with van der Waals surface area (Å²) in [5.41, 5.74) is 5.80. The average molecular weight is 472 g/mol. The molecule has 9 heteroatoms. The van der Waals surface area contributed by atoms with Gasteiger partial charge in [0.1, 0.15) is 11.7 Å². The molecule has 4 nitrogen and oxygen atoms in total. The lowest BCUT2D eigenvalue weighted by atomic mass is 9.86. The molecule has 0 bridgehead atoms. The maximum absolute atomic E-state index is 13.7. The molecule has 1 saturated carbocycles. The highest BCUT2D eigenvalue weighted by Crippen LogP contribution is 2.47. The van der Waals surface area contributed by atoms with Crippen LogP contribution in [0.3, 0.4) is 0 Å². The van der Waals surface area contributed by atoms with Crippen molar-refractivity contribution in [1.82, 2.24) is 9.71 Å². The Morgan fingerprint density at radius 1 is 1.12 bits per heavy atom. The molecule has 1 fully saturated rings. The summed E-state index contributed by atoms with van der Waals surface area (Å²) in [4.78, 5) is 4.27. The van der Waals surface area contributed by atoms with Crippen molar-refractivity contribution in [2.75, 3.05) is 6.54 Å². The van der Waals surface area contributed by atoms with Crippen LogP contribution in [0.4, 0.5) is 17.6 Å². The molecule has 176 valence electrons. The molecule has 0 aliphatic heterocycles. The van der Waals surface area contributed by atoms with Gasteiger partial charge in [0, 0.05) is 12.1 Å². The molecule has 0 amide bonds. The molecule has 0 spiro atoms. The number of alkyl halides is 3. The van der Waals surface area contributed by atoms with E-state index in [1.807, 2.05) is 27.7 Å². The first-order valence-corrected chi connectivity index (χ1v) is 11.7. The van der Waals surface area contributed by atoms with Crippen LogP contribution in [0.5, 0.6) is 0 Å². The van der Waals surface area contributed by atoms with E-state index in [1.54, 1.807) is 6.07 Å². The summed E-state index contributed by atoms with van der Waals surface area (Å²) in [5, 5.41) is 0. The molecule has 3 unspecified atom stereocenters. The van der Waals surface area contributed by atoms with Gasteiger partial charge < -0.3 is 5.73 Å². The quantitative estimate of drug-likeness (QED) is 0.548. The lowest BCUT2D eigenvalue weighted by Gasteiger charge is -2.35. The van der Waals surface area contributed by atoms with E-state index < -0.39 is 45.7 Å². The van der Waals surface area contributed by atoms with E-state index in [1.165, 1.54) is 30.3 Å². The van der Waals surface area contributed by atoms with Crippen molar-refractivity contribution in [3.63, 3.8) is 0 Å². The van der Waals surface area contributed by atoms with Gasteiger partial charge in [0.15, 0.2) is 0 Å². The molecule has 1 aromatic heterocycles. The van der Waals surface area contributed by atoms with Crippen molar-refractivity contribution in [2.45, 2.75) is 62.9 Å². The van der Waals surface area contributed by atoms with Crippen molar-refractivity contribution in [3.05, 3.63) is 53.5 Å². The number of aromatic nitrogens is 1. The van der Waals surface area contributed by atoms with Gasteiger partial charge in [-0.15, -0.1) is 0 Å². The molecule has 1 aliphatic carbocycles. The normalized spacial score (nSPS) is 18.8. The number of nitrogens with two attached hydrogens (primary N) is 1. The third kappa shape index (κ3) is 5.38. The maximum Gasteiger partial charge on any atom is 0.398 e. The molecule has 1 aliphatic rings. The molecule has 1 heterocycles. The van der Waals surface area contributed by atoms with Crippen molar-refractivity contribution >= 4 is 11.0 Å². The van der Waals surface area contributed by atoms with Gasteiger partial charge in [-0.3, -0.25) is 4.98 Å². The van der Waals surface area contributed by atoms with Gasteiger partial charge in [-0.1, -0.05) is 0 Å². The van der Waals surface area contributed by atoms with E-state index in [4.69, 9.17) is 5.73 Å². The van der Waals surface area contributed by atoms with E-state index in [2.05, 4.69) is 9.71 Å². The van der Waals surface area contributed by atoms with Crippen molar-refractivity contribution in [3.8, 4) is 11.3 Å². The Hall–Kier alpha value is -1.84. The third-order valence-electron chi connectivity index (χ3n) is 5.83. The standard InChI is InChI=1S/C23H29F4N3OS/c1-21(2,3)32(31)30-22(4,15-7-8-15)16-11-19(14-5-9-17(24)10-6-14)29-20(12-16)18(13-28)23(25,26)27/h5-6,9-12,15,18,30H,7-8,13,28H2,1-4H3. The van der Waals surface area contributed by atoms with Crippen LogP contribution < -0.4 is 10.5 Å². The van der Waals surface area contributed by atoms with Gasteiger partial charge in [-0.25, -0.2) is 13.3 Å². The zero-order chi connectivity index (χ0) is 23.9. The van der Waals surface area contributed by atoms with Crippen molar-refractivity contribution < 1.29 is 21.8 Å². The van der Waals surface area contributed by atoms with E-state index in [9.17, 15) is 21.8 Å². The fraction of sp³-hybridized carbons (Fsp3) is 0.522. The van der Waals surface area contributed by atoms with Crippen LogP contribution in [-0.4, -0.2) is 26.7 Å². The molecule has 3 N–H and O–H groups in total. The summed E-state index contributed by atoms with van der Waals surface area (Å²) >= 11 is 0. The summed E-state index contributed by atoms with van der Waals surface area (Å²) in [7, 11) is -1.45. The van der Waals surface area contributed by atoms with E-state index in [0.717, 1.165) is 12.8 Å². The fourth-order valence-corrected chi connectivity index (χ4v) is 4.58. The van der Waals surface area contributed by atoms with Crippen molar-refractivity contribution in [2.24, 2.45) is 11.7 Å². The van der Waals surface area contributed by atoms with Crippen molar-refractivity contribution in [1.29, 1.82) is 0 Å². The number of pyridine rings is 1. The van der Waals surface area contributed by atoms with Crippen LogP contribution in [0.2, 0.25) is 0 Å². The maximum atomic E-state index is 13.7. The highest BCUT2D eigenvalue weighted by Gasteiger charge is 2.47. The zero-order valence-electron chi connectivity index (χ0n) is 18.6. The molecule has 3 atom stereocenters. The zero-order valence-corrected chi connectivity index (χ0v) is 19.4. The van der Waals surface area contributed by atoms with E-state index in [0.29, 0.717) is 11.1 Å². The van der Waals surface area contributed by atoms with Gasteiger partial charge in [0.25, 0.3) is 0 Å². The second-order valence-corrected chi connectivity index (χ2v) is 11.4.